The molecule has 0 aliphatic rings. The van der Waals surface area contributed by atoms with E-state index in [1.807, 2.05) is 41.5 Å². The van der Waals surface area contributed by atoms with E-state index in [1.54, 1.807) is 0 Å². The summed E-state index contributed by atoms with van der Waals surface area (Å²) in [6.45, 7) is 12.0. The van der Waals surface area contributed by atoms with Crippen molar-refractivity contribution in [3.8, 4) is 0 Å². The number of carbonyl (C=O) groups is 2. The minimum absolute atomic E-state index is 0.174. The first-order valence-electron chi connectivity index (χ1n) is 7.24. The smallest absolute Gasteiger partial charge is 0.408 e. The second kappa shape index (κ2) is 8.82. The van der Waals surface area contributed by atoms with Crippen LogP contribution in [-0.4, -0.2) is 31.3 Å². The van der Waals surface area contributed by atoms with E-state index in [1.165, 1.54) is 7.11 Å². The highest BCUT2D eigenvalue weighted by Gasteiger charge is 2.26. The van der Waals surface area contributed by atoms with Crippen LogP contribution in [0.5, 0.6) is 0 Å². The highest BCUT2D eigenvalue weighted by molar-refractivity contribution is 5.81. The molecule has 0 aromatic heterocycles. The molecular weight excluding hydrogens is 258 g/mol. The van der Waals surface area contributed by atoms with E-state index in [0.29, 0.717) is 6.42 Å². The molecule has 0 fully saturated rings. The van der Waals surface area contributed by atoms with E-state index >= 15 is 0 Å². The SMILES string of the molecule is COC(=O)[C@H](CC(C)C)NC(=O)OC(C(C)C)C(C)C. The van der Waals surface area contributed by atoms with Gasteiger partial charge in [0.25, 0.3) is 0 Å². The number of rotatable bonds is 7. The highest BCUT2D eigenvalue weighted by Crippen LogP contribution is 2.16. The molecule has 0 rings (SSSR count). The lowest BCUT2D eigenvalue weighted by Gasteiger charge is -2.26. The number of ether oxygens (including phenoxy) is 2. The van der Waals surface area contributed by atoms with Crippen molar-refractivity contribution in [2.45, 2.75) is 60.1 Å². The van der Waals surface area contributed by atoms with Gasteiger partial charge in [0.2, 0.25) is 0 Å². The van der Waals surface area contributed by atoms with E-state index in [9.17, 15) is 9.59 Å². The molecule has 0 radical (unpaired) electrons. The third-order valence-electron chi connectivity index (χ3n) is 3.04. The normalized spacial score (nSPS) is 12.9. The molecule has 0 bridgehead atoms. The summed E-state index contributed by atoms with van der Waals surface area (Å²) in [7, 11) is 1.31. The lowest BCUT2D eigenvalue weighted by atomic mass is 9.96. The van der Waals surface area contributed by atoms with Gasteiger partial charge in [0.05, 0.1) is 7.11 Å². The van der Waals surface area contributed by atoms with Gasteiger partial charge in [-0.25, -0.2) is 9.59 Å². The van der Waals surface area contributed by atoms with E-state index in [2.05, 4.69) is 5.32 Å². The number of hydrogen-bond acceptors (Lipinski definition) is 4. The molecular formula is C15H29NO4. The minimum atomic E-state index is -0.660. The third-order valence-corrected chi connectivity index (χ3v) is 3.04. The molecule has 1 amide bonds. The summed E-state index contributed by atoms with van der Waals surface area (Å²) >= 11 is 0. The average molecular weight is 287 g/mol. The average Bonchev–Trinajstić information content (AvgIpc) is 2.32. The van der Waals surface area contributed by atoms with E-state index < -0.39 is 18.1 Å². The van der Waals surface area contributed by atoms with Crippen LogP contribution in [0.3, 0.4) is 0 Å². The van der Waals surface area contributed by atoms with Crippen LogP contribution in [0.1, 0.15) is 48.0 Å². The molecule has 0 aromatic carbocycles. The zero-order chi connectivity index (χ0) is 15.9. The van der Waals surface area contributed by atoms with Gasteiger partial charge in [0, 0.05) is 0 Å². The lowest BCUT2D eigenvalue weighted by Crippen LogP contribution is -2.44. The first kappa shape index (κ1) is 18.7. The monoisotopic (exact) mass is 287 g/mol. The fourth-order valence-corrected chi connectivity index (χ4v) is 2.17. The van der Waals surface area contributed by atoms with Crippen LogP contribution in [0.25, 0.3) is 0 Å². The predicted octanol–water partition coefficient (Wildman–Crippen LogP) is 2.98. The Balaban J connectivity index is 4.63. The van der Waals surface area contributed by atoms with Crippen molar-refractivity contribution in [2.24, 2.45) is 17.8 Å². The van der Waals surface area contributed by atoms with Gasteiger partial charge in [-0.05, 0) is 24.2 Å². The minimum Gasteiger partial charge on any atom is -0.467 e. The number of methoxy groups -OCH3 is 1. The Labute approximate surface area is 122 Å². The molecule has 0 aliphatic carbocycles. The zero-order valence-electron chi connectivity index (χ0n) is 13.7. The van der Waals surface area contributed by atoms with Crippen LogP contribution < -0.4 is 5.32 Å². The van der Waals surface area contributed by atoms with Gasteiger partial charge in [0.15, 0.2) is 0 Å². The Hall–Kier alpha value is -1.26. The van der Waals surface area contributed by atoms with Crippen molar-refractivity contribution in [1.29, 1.82) is 0 Å². The molecule has 5 nitrogen and oxygen atoms in total. The van der Waals surface area contributed by atoms with E-state index in [0.717, 1.165) is 0 Å². The van der Waals surface area contributed by atoms with Crippen molar-refractivity contribution in [3.63, 3.8) is 0 Å². The molecule has 0 saturated heterocycles. The molecule has 0 heterocycles. The largest absolute Gasteiger partial charge is 0.467 e. The van der Waals surface area contributed by atoms with Crippen molar-refractivity contribution in [1.82, 2.24) is 5.32 Å². The molecule has 0 aliphatic heterocycles. The molecule has 0 unspecified atom stereocenters. The van der Waals surface area contributed by atoms with Gasteiger partial charge in [0.1, 0.15) is 12.1 Å². The maximum Gasteiger partial charge on any atom is 0.408 e. The van der Waals surface area contributed by atoms with Crippen molar-refractivity contribution in [2.75, 3.05) is 7.11 Å². The van der Waals surface area contributed by atoms with Gasteiger partial charge in [-0.1, -0.05) is 41.5 Å². The van der Waals surface area contributed by atoms with E-state index in [4.69, 9.17) is 9.47 Å². The number of amides is 1. The summed E-state index contributed by atoms with van der Waals surface area (Å²) < 4.78 is 10.1. The first-order valence-corrected chi connectivity index (χ1v) is 7.24. The Morgan fingerprint density at radius 1 is 1.00 bits per heavy atom. The fourth-order valence-electron chi connectivity index (χ4n) is 2.17. The van der Waals surface area contributed by atoms with Gasteiger partial charge in [-0.15, -0.1) is 0 Å². The Morgan fingerprint density at radius 3 is 1.85 bits per heavy atom. The third kappa shape index (κ3) is 6.78. The summed E-state index contributed by atoms with van der Waals surface area (Å²) in [4.78, 5) is 23.6. The first-order chi connectivity index (χ1) is 9.18. The molecule has 0 spiro atoms. The Morgan fingerprint density at radius 2 is 1.50 bits per heavy atom. The summed E-state index contributed by atoms with van der Waals surface area (Å²) in [5, 5.41) is 2.60. The Bertz CT molecular complexity index is 305. The van der Waals surface area contributed by atoms with Crippen LogP contribution in [0.2, 0.25) is 0 Å². The highest BCUT2D eigenvalue weighted by atomic mass is 16.6. The van der Waals surface area contributed by atoms with E-state index in [-0.39, 0.29) is 23.9 Å². The standard InChI is InChI=1S/C15H29NO4/c1-9(2)8-12(14(17)19-7)16-15(18)20-13(10(3)4)11(5)6/h9-13H,8H2,1-7H3,(H,16,18)/t12-/m0/s1. The summed E-state index contributed by atoms with van der Waals surface area (Å²) in [5.74, 6) is 0.275. The topological polar surface area (TPSA) is 64.6 Å². The number of esters is 1. The van der Waals surface area contributed by atoms with Crippen LogP contribution >= 0.6 is 0 Å². The molecule has 5 heteroatoms. The lowest BCUT2D eigenvalue weighted by molar-refractivity contribution is -0.143. The Kier molecular flexibility index (Phi) is 8.26. The molecule has 0 saturated carbocycles. The molecule has 20 heavy (non-hydrogen) atoms. The number of nitrogens with one attached hydrogen (secondary N) is 1. The maximum absolute atomic E-state index is 11.9. The predicted molar refractivity (Wildman–Crippen MR) is 78.3 cm³/mol. The second-order valence-electron chi connectivity index (χ2n) is 6.21. The van der Waals surface area contributed by atoms with Crippen LogP contribution in [0.15, 0.2) is 0 Å². The number of alkyl carbamates (subject to hydrolysis) is 1. The summed E-state index contributed by atoms with van der Waals surface area (Å²) in [6.07, 6.45) is -0.212. The fraction of sp³-hybridized carbons (Fsp3) is 0.867. The van der Waals surface area contributed by atoms with Gasteiger partial charge in [-0.2, -0.15) is 0 Å². The molecule has 118 valence electrons. The van der Waals surface area contributed by atoms with Crippen LogP contribution in [0.4, 0.5) is 4.79 Å². The van der Waals surface area contributed by atoms with Gasteiger partial charge < -0.3 is 14.8 Å². The number of hydrogen-bond donors (Lipinski definition) is 1. The number of carbonyl (C=O) groups excluding carboxylic acids is 2. The quantitative estimate of drug-likeness (QED) is 0.731. The van der Waals surface area contributed by atoms with Crippen LogP contribution in [0, 0.1) is 17.8 Å². The molecule has 1 atom stereocenters. The van der Waals surface area contributed by atoms with Gasteiger partial charge in [-0.3, -0.25) is 0 Å². The molecule has 0 aromatic rings. The maximum atomic E-state index is 11.9. The van der Waals surface area contributed by atoms with Crippen molar-refractivity contribution < 1.29 is 19.1 Å². The summed E-state index contributed by atoms with van der Waals surface area (Å²) in [6, 6.07) is -0.660. The summed E-state index contributed by atoms with van der Waals surface area (Å²) in [5.41, 5.74) is 0. The van der Waals surface area contributed by atoms with Crippen LogP contribution in [-0.2, 0) is 14.3 Å². The van der Waals surface area contributed by atoms with Crippen molar-refractivity contribution >= 4 is 12.1 Å². The second-order valence-corrected chi connectivity index (χ2v) is 6.21. The van der Waals surface area contributed by atoms with Crippen molar-refractivity contribution in [3.05, 3.63) is 0 Å². The molecule has 1 N–H and O–H groups in total. The zero-order valence-corrected chi connectivity index (χ0v) is 13.7. The van der Waals surface area contributed by atoms with Gasteiger partial charge >= 0.3 is 12.1 Å².